The average Bonchev–Trinajstić information content (AvgIpc) is 2.60. The molecule has 4 nitrogen and oxygen atoms in total. The second kappa shape index (κ2) is 8.67. The van der Waals surface area contributed by atoms with E-state index < -0.39 is 0 Å². The zero-order valence-corrected chi connectivity index (χ0v) is 15.4. The third kappa shape index (κ3) is 5.33. The molecule has 0 aliphatic rings. The van der Waals surface area contributed by atoms with Crippen molar-refractivity contribution in [2.75, 3.05) is 12.4 Å². The van der Waals surface area contributed by atoms with Crippen LogP contribution in [0.4, 0.5) is 5.69 Å². The minimum Gasteiger partial charge on any atom is -0.496 e. The van der Waals surface area contributed by atoms with Crippen LogP contribution in [0.2, 0.25) is 5.02 Å². The van der Waals surface area contributed by atoms with Gasteiger partial charge in [-0.05, 0) is 41.8 Å². The van der Waals surface area contributed by atoms with Crippen LogP contribution in [0.15, 0.2) is 42.5 Å². The Kier molecular flexibility index (Phi) is 6.59. The van der Waals surface area contributed by atoms with Crippen molar-refractivity contribution in [3.63, 3.8) is 0 Å². The summed E-state index contributed by atoms with van der Waals surface area (Å²) in [6.45, 7) is 4.23. The minimum atomic E-state index is -0.202. The first-order chi connectivity index (χ1) is 11.9. The molecule has 0 atom stereocenters. The number of ether oxygens (including phenoxy) is 1. The van der Waals surface area contributed by atoms with Gasteiger partial charge in [0.2, 0.25) is 5.91 Å². The summed E-state index contributed by atoms with van der Waals surface area (Å²) in [5.74, 6) is 0.519. The number of ketones is 1. The van der Waals surface area contributed by atoms with E-state index >= 15 is 0 Å². The summed E-state index contributed by atoms with van der Waals surface area (Å²) in [4.78, 5) is 24.4. The largest absolute Gasteiger partial charge is 0.496 e. The molecule has 0 bridgehead atoms. The van der Waals surface area contributed by atoms with Gasteiger partial charge in [0.25, 0.3) is 0 Å². The van der Waals surface area contributed by atoms with Crippen LogP contribution in [-0.4, -0.2) is 18.8 Å². The molecule has 0 saturated heterocycles. The fourth-order valence-corrected chi connectivity index (χ4v) is 2.61. The number of hydrogen-bond donors (Lipinski definition) is 1. The van der Waals surface area contributed by atoms with E-state index in [9.17, 15) is 9.59 Å². The summed E-state index contributed by atoms with van der Waals surface area (Å²) in [6, 6.07) is 12.6. The van der Waals surface area contributed by atoms with Crippen LogP contribution in [0.25, 0.3) is 0 Å². The quantitative estimate of drug-likeness (QED) is 0.702. The van der Waals surface area contributed by atoms with Crippen molar-refractivity contribution in [3.8, 4) is 5.75 Å². The molecule has 2 aromatic rings. The summed E-state index contributed by atoms with van der Waals surface area (Å²) >= 11 is 5.94. The Morgan fingerprint density at radius 3 is 2.36 bits per heavy atom. The van der Waals surface area contributed by atoms with Gasteiger partial charge in [-0.15, -0.1) is 0 Å². The summed E-state index contributed by atoms with van der Waals surface area (Å²) in [5.41, 5.74) is 2.33. The first-order valence-electron chi connectivity index (χ1n) is 8.17. The number of Topliss-reactive ketones (excluding diaryl/α,β-unsaturated/α-hetero) is 1. The lowest BCUT2D eigenvalue weighted by Crippen LogP contribution is -2.14. The lowest BCUT2D eigenvalue weighted by molar-refractivity contribution is -0.116. The monoisotopic (exact) mass is 359 g/mol. The number of rotatable bonds is 7. The Bertz CT molecular complexity index is 754. The number of carbonyl (C=O) groups is 2. The average molecular weight is 360 g/mol. The third-order valence-electron chi connectivity index (χ3n) is 3.90. The molecule has 25 heavy (non-hydrogen) atoms. The standard InChI is InChI=1S/C20H22ClNO3/c1-13(2)14-4-7-16(8-5-14)22-20(24)11-9-18(23)17-12-15(21)6-10-19(17)25-3/h4-8,10,12-13H,9,11H2,1-3H3,(H,22,24). The van der Waals surface area contributed by atoms with Gasteiger partial charge in [0, 0.05) is 23.6 Å². The van der Waals surface area contributed by atoms with Crippen molar-refractivity contribution in [3.05, 3.63) is 58.6 Å². The minimum absolute atomic E-state index is 0.0899. The summed E-state index contributed by atoms with van der Waals surface area (Å²) < 4.78 is 5.17. The molecule has 1 amide bonds. The van der Waals surface area contributed by atoms with Gasteiger partial charge in [-0.25, -0.2) is 0 Å². The van der Waals surface area contributed by atoms with E-state index in [1.54, 1.807) is 18.2 Å². The maximum atomic E-state index is 12.3. The van der Waals surface area contributed by atoms with Crippen molar-refractivity contribution < 1.29 is 14.3 Å². The number of methoxy groups -OCH3 is 1. The molecule has 1 N–H and O–H groups in total. The lowest BCUT2D eigenvalue weighted by atomic mass is 10.0. The van der Waals surface area contributed by atoms with Crippen molar-refractivity contribution in [2.45, 2.75) is 32.6 Å². The number of benzene rings is 2. The summed E-state index contributed by atoms with van der Waals surface area (Å²) in [6.07, 6.45) is 0.188. The molecule has 132 valence electrons. The van der Waals surface area contributed by atoms with Crippen LogP contribution in [0.5, 0.6) is 5.75 Å². The molecule has 0 unspecified atom stereocenters. The highest BCUT2D eigenvalue weighted by Gasteiger charge is 2.15. The fraction of sp³-hybridized carbons (Fsp3) is 0.300. The van der Waals surface area contributed by atoms with Gasteiger partial charge in [-0.2, -0.15) is 0 Å². The van der Waals surface area contributed by atoms with Crippen molar-refractivity contribution in [1.82, 2.24) is 0 Å². The fourth-order valence-electron chi connectivity index (χ4n) is 2.43. The molecule has 0 aliphatic heterocycles. The maximum Gasteiger partial charge on any atom is 0.224 e. The number of carbonyl (C=O) groups excluding carboxylic acids is 2. The van der Waals surface area contributed by atoms with E-state index in [1.807, 2.05) is 24.3 Å². The highest BCUT2D eigenvalue weighted by atomic mass is 35.5. The van der Waals surface area contributed by atoms with E-state index in [0.717, 1.165) is 5.69 Å². The van der Waals surface area contributed by atoms with Gasteiger partial charge in [-0.1, -0.05) is 37.6 Å². The van der Waals surface area contributed by atoms with E-state index in [-0.39, 0.29) is 24.5 Å². The predicted molar refractivity (Wildman–Crippen MR) is 101 cm³/mol. The Balaban J connectivity index is 1.93. The van der Waals surface area contributed by atoms with Crippen LogP contribution in [0, 0.1) is 0 Å². The molecule has 0 spiro atoms. The molecule has 0 aromatic heterocycles. The molecule has 2 rings (SSSR count). The van der Waals surface area contributed by atoms with Crippen LogP contribution in [0.1, 0.15) is 48.5 Å². The van der Waals surface area contributed by atoms with Gasteiger partial charge < -0.3 is 10.1 Å². The third-order valence-corrected chi connectivity index (χ3v) is 4.14. The Labute approximate surface area is 153 Å². The highest BCUT2D eigenvalue weighted by molar-refractivity contribution is 6.31. The van der Waals surface area contributed by atoms with Crippen LogP contribution < -0.4 is 10.1 Å². The van der Waals surface area contributed by atoms with Gasteiger partial charge in [-0.3, -0.25) is 9.59 Å². The van der Waals surface area contributed by atoms with E-state index in [1.165, 1.54) is 12.7 Å². The molecular weight excluding hydrogens is 338 g/mol. The second-order valence-corrected chi connectivity index (χ2v) is 6.53. The number of anilines is 1. The number of nitrogens with one attached hydrogen (secondary N) is 1. The maximum absolute atomic E-state index is 12.3. The van der Waals surface area contributed by atoms with E-state index in [4.69, 9.17) is 16.3 Å². The van der Waals surface area contributed by atoms with Crippen LogP contribution >= 0.6 is 11.6 Å². The van der Waals surface area contributed by atoms with E-state index in [2.05, 4.69) is 19.2 Å². The van der Waals surface area contributed by atoms with Gasteiger partial charge in [0.1, 0.15) is 5.75 Å². The van der Waals surface area contributed by atoms with Crippen LogP contribution in [0.3, 0.4) is 0 Å². The molecule has 0 radical (unpaired) electrons. The predicted octanol–water partition coefficient (Wildman–Crippen LogP) is 5.07. The zero-order chi connectivity index (χ0) is 18.4. The Hall–Kier alpha value is -2.33. The van der Waals surface area contributed by atoms with E-state index in [0.29, 0.717) is 22.3 Å². The highest BCUT2D eigenvalue weighted by Crippen LogP contribution is 2.24. The SMILES string of the molecule is COc1ccc(Cl)cc1C(=O)CCC(=O)Nc1ccc(C(C)C)cc1. The zero-order valence-electron chi connectivity index (χ0n) is 14.6. The summed E-state index contributed by atoms with van der Waals surface area (Å²) in [5, 5.41) is 3.26. The van der Waals surface area contributed by atoms with Crippen LogP contribution in [-0.2, 0) is 4.79 Å². The van der Waals surface area contributed by atoms with Crippen molar-refractivity contribution in [1.29, 1.82) is 0 Å². The molecule has 0 fully saturated rings. The number of halogens is 1. The number of hydrogen-bond acceptors (Lipinski definition) is 3. The topological polar surface area (TPSA) is 55.4 Å². The van der Waals surface area contributed by atoms with Gasteiger partial charge >= 0.3 is 0 Å². The molecular formula is C20H22ClNO3. The van der Waals surface area contributed by atoms with Crippen molar-refractivity contribution >= 4 is 29.0 Å². The smallest absolute Gasteiger partial charge is 0.224 e. The number of amides is 1. The lowest BCUT2D eigenvalue weighted by Gasteiger charge is -2.09. The normalized spacial score (nSPS) is 10.6. The first-order valence-corrected chi connectivity index (χ1v) is 8.55. The molecule has 0 saturated carbocycles. The molecule has 5 heteroatoms. The van der Waals surface area contributed by atoms with Crippen molar-refractivity contribution in [2.24, 2.45) is 0 Å². The van der Waals surface area contributed by atoms with Gasteiger partial charge in [0.05, 0.1) is 12.7 Å². The second-order valence-electron chi connectivity index (χ2n) is 6.09. The first kappa shape index (κ1) is 19.0. The van der Waals surface area contributed by atoms with Gasteiger partial charge in [0.15, 0.2) is 5.78 Å². The Morgan fingerprint density at radius 1 is 1.08 bits per heavy atom. The molecule has 0 heterocycles. The molecule has 2 aromatic carbocycles. The molecule has 0 aliphatic carbocycles. The Morgan fingerprint density at radius 2 is 1.76 bits per heavy atom. The summed E-state index contributed by atoms with van der Waals surface area (Å²) in [7, 11) is 1.49.